The van der Waals surface area contributed by atoms with Crippen molar-refractivity contribution < 1.29 is 42.1 Å². The SMILES string of the molecule is CC/C=C\C/C=C\C/C=C\C/C=C\C/C=C\CCCCCCCCCCCCCC(=O)OC(COC(=O)CCCCCCCCCCCCCC/C=C\C/C=C\C/C=C\C/C=C\CC)COP(=O)(O)OCC[N+](C)(C)C. The number of hydrogen-bond donors (Lipinski definition) is 1. The van der Waals surface area contributed by atoms with Gasteiger partial charge in [-0.25, -0.2) is 4.57 Å². The third-order valence-corrected chi connectivity index (χ3v) is 13.8. The third kappa shape index (κ3) is 59.9. The summed E-state index contributed by atoms with van der Waals surface area (Å²) in [5, 5.41) is 0. The molecule has 2 unspecified atom stereocenters. The number of hydrogen-bond acceptors (Lipinski definition) is 7. The number of likely N-dealkylation sites (N-methyl/N-ethyl adjacent to an activating group) is 1. The fraction of sp³-hybridized carbons (Fsp3) is 0.697. The molecule has 9 nitrogen and oxygen atoms in total. The molecule has 0 saturated heterocycles. The maximum absolute atomic E-state index is 12.8. The number of allylic oxidation sites excluding steroid dienone is 18. The van der Waals surface area contributed by atoms with Gasteiger partial charge in [0.1, 0.15) is 19.8 Å². The quantitative estimate of drug-likeness (QED) is 0.0211. The molecule has 0 heterocycles. The van der Waals surface area contributed by atoms with E-state index in [1.54, 1.807) is 0 Å². The van der Waals surface area contributed by atoms with E-state index in [0.29, 0.717) is 17.4 Å². The van der Waals surface area contributed by atoms with E-state index in [2.05, 4.69) is 123 Å². The molecule has 0 aliphatic carbocycles. The standard InChI is InChI=1S/C66H114NO8P/c1-6-8-10-12-14-16-18-20-22-24-26-28-30-32-33-35-37-39-41-43-45-47-49-51-53-55-57-59-66(69)75-64(63-74-76(70,71)73-61-60-67(3,4)5)62-72-65(68)58-56-54-52-50-48-46-44-42-40-38-36-34-31-29-27-25-23-21-19-17-15-13-11-9-7-2/h8-11,14-17,20-23,26-29,32-33,64H,6-7,12-13,18-19,24-25,30-31,34-63H2,1-5H3/p+1/b10-8-,11-9-,16-14-,17-15-,22-20-,23-21-,28-26-,29-27-,33-32-. The topological polar surface area (TPSA) is 108 Å². The molecule has 2 atom stereocenters. The van der Waals surface area contributed by atoms with Gasteiger partial charge in [0, 0.05) is 12.8 Å². The van der Waals surface area contributed by atoms with Crippen LogP contribution in [0.25, 0.3) is 0 Å². The Kier molecular flexibility index (Phi) is 53.9. The molecule has 76 heavy (non-hydrogen) atoms. The molecule has 0 spiro atoms. The lowest BCUT2D eigenvalue weighted by atomic mass is 10.0. The summed E-state index contributed by atoms with van der Waals surface area (Å²) >= 11 is 0. The van der Waals surface area contributed by atoms with Crippen LogP contribution in [0, 0.1) is 0 Å². The molecule has 0 aromatic carbocycles. The monoisotopic (exact) mass is 1080 g/mol. The summed E-state index contributed by atoms with van der Waals surface area (Å²) in [6.07, 6.45) is 78.7. The van der Waals surface area contributed by atoms with E-state index in [9.17, 15) is 19.0 Å². The van der Waals surface area contributed by atoms with Gasteiger partial charge in [-0.05, 0) is 96.3 Å². The van der Waals surface area contributed by atoms with Gasteiger partial charge in [-0.3, -0.25) is 18.6 Å². The Balaban J connectivity index is 4.16. The Morgan fingerprint density at radius 3 is 1.05 bits per heavy atom. The lowest BCUT2D eigenvalue weighted by Gasteiger charge is -2.24. The zero-order chi connectivity index (χ0) is 55.6. The predicted octanol–water partition coefficient (Wildman–Crippen LogP) is 19.4. The van der Waals surface area contributed by atoms with Gasteiger partial charge in [0.05, 0.1) is 27.7 Å². The first-order chi connectivity index (χ1) is 37.0. The number of rotatable bonds is 55. The van der Waals surface area contributed by atoms with Crippen LogP contribution >= 0.6 is 7.82 Å². The molecule has 0 rings (SSSR count). The molecular formula is C66H115NO8P+. The number of phosphoric ester groups is 1. The normalized spacial score (nSPS) is 14.0. The highest BCUT2D eigenvalue weighted by atomic mass is 31.2. The van der Waals surface area contributed by atoms with Crippen LogP contribution in [0.5, 0.6) is 0 Å². The van der Waals surface area contributed by atoms with E-state index in [-0.39, 0.29) is 32.0 Å². The number of carbonyl (C=O) groups excluding carboxylic acids is 2. The van der Waals surface area contributed by atoms with Gasteiger partial charge in [-0.2, -0.15) is 0 Å². The van der Waals surface area contributed by atoms with Crippen molar-refractivity contribution in [2.75, 3.05) is 47.5 Å². The van der Waals surface area contributed by atoms with Crippen LogP contribution in [-0.4, -0.2) is 74.9 Å². The van der Waals surface area contributed by atoms with Crippen molar-refractivity contribution in [2.24, 2.45) is 0 Å². The van der Waals surface area contributed by atoms with Gasteiger partial charge in [-0.15, -0.1) is 0 Å². The molecule has 0 aromatic rings. The van der Waals surface area contributed by atoms with Gasteiger partial charge in [0.2, 0.25) is 0 Å². The Hall–Kier alpha value is -3.33. The van der Waals surface area contributed by atoms with Crippen LogP contribution < -0.4 is 0 Å². The first-order valence-corrected chi connectivity index (χ1v) is 32.1. The summed E-state index contributed by atoms with van der Waals surface area (Å²) in [6, 6.07) is 0. The number of esters is 2. The van der Waals surface area contributed by atoms with Gasteiger partial charge in [0.25, 0.3) is 0 Å². The van der Waals surface area contributed by atoms with Gasteiger partial charge in [0.15, 0.2) is 6.10 Å². The van der Waals surface area contributed by atoms with Crippen molar-refractivity contribution in [1.29, 1.82) is 0 Å². The minimum absolute atomic E-state index is 0.0261. The number of ether oxygens (including phenoxy) is 2. The molecule has 0 radical (unpaired) electrons. The molecule has 436 valence electrons. The smallest absolute Gasteiger partial charge is 0.462 e. The first kappa shape index (κ1) is 72.7. The fourth-order valence-corrected chi connectivity index (χ4v) is 8.89. The minimum atomic E-state index is -4.40. The first-order valence-electron chi connectivity index (χ1n) is 30.6. The van der Waals surface area contributed by atoms with Crippen LogP contribution in [0.1, 0.15) is 245 Å². The summed E-state index contributed by atoms with van der Waals surface area (Å²) in [7, 11) is 1.46. The lowest BCUT2D eigenvalue weighted by Crippen LogP contribution is -2.37. The third-order valence-electron chi connectivity index (χ3n) is 12.8. The molecule has 1 N–H and O–H groups in total. The number of carbonyl (C=O) groups is 2. The van der Waals surface area contributed by atoms with Crippen LogP contribution in [-0.2, 0) is 32.7 Å². The highest BCUT2D eigenvalue weighted by Gasteiger charge is 2.27. The molecule has 0 aliphatic rings. The predicted molar refractivity (Wildman–Crippen MR) is 325 cm³/mol. The van der Waals surface area contributed by atoms with Crippen LogP contribution in [0.2, 0.25) is 0 Å². The molecule has 0 amide bonds. The van der Waals surface area contributed by atoms with Crippen molar-refractivity contribution in [2.45, 2.75) is 251 Å². The molecule has 0 bridgehead atoms. The molecule has 10 heteroatoms. The zero-order valence-corrected chi connectivity index (χ0v) is 50.3. The van der Waals surface area contributed by atoms with E-state index in [4.69, 9.17) is 18.5 Å². The summed E-state index contributed by atoms with van der Waals surface area (Å²) in [5.74, 6) is -0.804. The number of unbranched alkanes of at least 4 members (excludes halogenated alkanes) is 23. The maximum atomic E-state index is 12.8. The fourth-order valence-electron chi connectivity index (χ4n) is 8.15. The average molecular weight is 1080 g/mol. The van der Waals surface area contributed by atoms with E-state index < -0.39 is 26.5 Å². The summed E-state index contributed by atoms with van der Waals surface area (Å²) in [4.78, 5) is 35.8. The molecule has 0 fully saturated rings. The molecule has 0 saturated carbocycles. The van der Waals surface area contributed by atoms with Gasteiger partial charge < -0.3 is 18.9 Å². The van der Waals surface area contributed by atoms with Gasteiger partial charge >= 0.3 is 19.8 Å². The Labute approximate surface area is 467 Å². The van der Waals surface area contributed by atoms with Crippen molar-refractivity contribution in [3.63, 3.8) is 0 Å². The highest BCUT2D eigenvalue weighted by Crippen LogP contribution is 2.43. The molecule has 0 aliphatic heterocycles. The van der Waals surface area contributed by atoms with E-state index >= 15 is 0 Å². The highest BCUT2D eigenvalue weighted by molar-refractivity contribution is 7.47. The van der Waals surface area contributed by atoms with E-state index in [0.717, 1.165) is 103 Å². The second-order valence-electron chi connectivity index (χ2n) is 21.3. The van der Waals surface area contributed by atoms with Crippen LogP contribution in [0.4, 0.5) is 0 Å². The van der Waals surface area contributed by atoms with Crippen LogP contribution in [0.15, 0.2) is 109 Å². The molecule has 0 aromatic heterocycles. The Morgan fingerprint density at radius 2 is 0.711 bits per heavy atom. The van der Waals surface area contributed by atoms with Crippen molar-refractivity contribution >= 4 is 19.8 Å². The van der Waals surface area contributed by atoms with Crippen molar-refractivity contribution in [1.82, 2.24) is 0 Å². The van der Waals surface area contributed by atoms with Crippen molar-refractivity contribution in [3.8, 4) is 0 Å². The number of quaternary nitrogens is 1. The second kappa shape index (κ2) is 56.4. The van der Waals surface area contributed by atoms with E-state index in [1.165, 1.54) is 109 Å². The number of phosphoric acid groups is 1. The maximum Gasteiger partial charge on any atom is 0.472 e. The summed E-state index contributed by atoms with van der Waals surface area (Å²) in [5.41, 5.74) is 0. The molecular weight excluding hydrogens is 966 g/mol. The number of nitrogens with zero attached hydrogens (tertiary/aromatic N) is 1. The summed E-state index contributed by atoms with van der Waals surface area (Å²) in [6.45, 7) is 4.21. The largest absolute Gasteiger partial charge is 0.472 e. The van der Waals surface area contributed by atoms with Crippen LogP contribution in [0.3, 0.4) is 0 Å². The van der Waals surface area contributed by atoms with Crippen molar-refractivity contribution in [3.05, 3.63) is 109 Å². The Bertz CT molecular complexity index is 1650. The zero-order valence-electron chi connectivity index (χ0n) is 49.5. The van der Waals surface area contributed by atoms with Gasteiger partial charge in [-0.1, -0.05) is 245 Å². The second-order valence-corrected chi connectivity index (χ2v) is 22.8. The minimum Gasteiger partial charge on any atom is -0.462 e. The average Bonchev–Trinajstić information content (AvgIpc) is 3.38. The van der Waals surface area contributed by atoms with E-state index in [1.807, 2.05) is 21.1 Å². The summed E-state index contributed by atoms with van der Waals surface area (Å²) < 4.78 is 34.6. The lowest BCUT2D eigenvalue weighted by molar-refractivity contribution is -0.870. The Morgan fingerprint density at radius 1 is 0.408 bits per heavy atom.